The van der Waals surface area contributed by atoms with Crippen LogP contribution in [-0.2, 0) is 9.53 Å². The van der Waals surface area contributed by atoms with Gasteiger partial charge in [0.05, 0.1) is 11.4 Å². The van der Waals surface area contributed by atoms with Gasteiger partial charge < -0.3 is 10.1 Å². The maximum Gasteiger partial charge on any atom is 0.343 e. The molecular formula is C21H20ClN3O3. The van der Waals surface area contributed by atoms with Crippen LogP contribution in [-0.4, -0.2) is 28.3 Å². The smallest absolute Gasteiger partial charge is 0.343 e. The molecule has 1 aromatic heterocycles. The second kappa shape index (κ2) is 8.27. The molecule has 0 atom stereocenters. The zero-order valence-electron chi connectivity index (χ0n) is 15.8. The van der Waals surface area contributed by atoms with Gasteiger partial charge in [0, 0.05) is 5.69 Å². The van der Waals surface area contributed by atoms with Crippen LogP contribution in [0.15, 0.2) is 48.5 Å². The summed E-state index contributed by atoms with van der Waals surface area (Å²) >= 11 is 6.34. The summed E-state index contributed by atoms with van der Waals surface area (Å²) in [5.74, 6) is -1.12. The summed E-state index contributed by atoms with van der Waals surface area (Å²) in [6.07, 6.45) is 0. The number of amides is 1. The number of benzene rings is 2. The molecule has 3 rings (SSSR count). The highest BCUT2D eigenvalue weighted by atomic mass is 35.5. The molecule has 6 nitrogen and oxygen atoms in total. The molecule has 7 heteroatoms. The van der Waals surface area contributed by atoms with Crippen LogP contribution in [0, 0.1) is 20.8 Å². The van der Waals surface area contributed by atoms with Gasteiger partial charge in [-0.15, -0.1) is 0 Å². The van der Waals surface area contributed by atoms with Crippen LogP contribution >= 0.6 is 11.6 Å². The minimum atomic E-state index is -0.694. The Morgan fingerprint density at radius 2 is 1.82 bits per heavy atom. The lowest BCUT2D eigenvalue weighted by atomic mass is 10.1. The highest BCUT2D eigenvalue weighted by Crippen LogP contribution is 2.24. The van der Waals surface area contributed by atoms with Crippen LogP contribution in [0.4, 0.5) is 5.69 Å². The van der Waals surface area contributed by atoms with E-state index in [0.29, 0.717) is 11.4 Å². The van der Waals surface area contributed by atoms with Crippen molar-refractivity contribution in [3.8, 4) is 5.69 Å². The third kappa shape index (κ3) is 4.23. The standard InChI is InChI=1S/C21H20ClN3O3/c1-13-9-10-17(14(2)11-13)23-18(26)12-28-21(27)19-15(3)24-25(20(19)22)16-7-5-4-6-8-16/h4-11H,12H2,1-3H3,(H,23,26). The molecule has 0 bridgehead atoms. The van der Waals surface area contributed by atoms with Crippen molar-refractivity contribution < 1.29 is 14.3 Å². The monoisotopic (exact) mass is 397 g/mol. The molecule has 1 N–H and O–H groups in total. The van der Waals surface area contributed by atoms with Crippen LogP contribution in [0.2, 0.25) is 5.15 Å². The van der Waals surface area contributed by atoms with Crippen molar-refractivity contribution in [3.05, 3.63) is 76.1 Å². The van der Waals surface area contributed by atoms with Gasteiger partial charge in [0.2, 0.25) is 0 Å². The Kier molecular flexibility index (Phi) is 5.80. The number of hydrogen-bond donors (Lipinski definition) is 1. The molecule has 3 aromatic rings. The Bertz CT molecular complexity index is 1030. The molecule has 1 amide bonds. The van der Waals surface area contributed by atoms with Gasteiger partial charge >= 0.3 is 5.97 Å². The molecule has 144 valence electrons. The van der Waals surface area contributed by atoms with Gasteiger partial charge in [0.25, 0.3) is 5.91 Å². The predicted octanol–water partition coefficient (Wildman–Crippen LogP) is 4.25. The fraction of sp³-hybridized carbons (Fsp3) is 0.190. The van der Waals surface area contributed by atoms with Crippen molar-refractivity contribution in [2.45, 2.75) is 20.8 Å². The Hall–Kier alpha value is -3.12. The first kappa shape index (κ1) is 19.6. The number of rotatable bonds is 5. The Balaban J connectivity index is 1.68. The number of aryl methyl sites for hydroxylation is 3. The highest BCUT2D eigenvalue weighted by Gasteiger charge is 2.23. The summed E-state index contributed by atoms with van der Waals surface area (Å²) in [6.45, 7) is 5.12. The van der Waals surface area contributed by atoms with Gasteiger partial charge in [0.15, 0.2) is 6.61 Å². The van der Waals surface area contributed by atoms with E-state index in [0.717, 1.165) is 16.8 Å². The number of anilines is 1. The topological polar surface area (TPSA) is 73.2 Å². The van der Waals surface area contributed by atoms with Crippen LogP contribution < -0.4 is 5.32 Å². The molecule has 0 aliphatic heterocycles. The van der Waals surface area contributed by atoms with E-state index < -0.39 is 18.5 Å². The van der Waals surface area contributed by atoms with Crippen LogP contribution in [0.25, 0.3) is 5.69 Å². The van der Waals surface area contributed by atoms with Crippen molar-refractivity contribution in [2.75, 3.05) is 11.9 Å². The first-order chi connectivity index (χ1) is 13.4. The van der Waals surface area contributed by atoms with Crippen molar-refractivity contribution in [1.82, 2.24) is 9.78 Å². The maximum absolute atomic E-state index is 12.5. The molecule has 0 radical (unpaired) electrons. The number of para-hydroxylation sites is 1. The molecule has 0 aliphatic rings. The van der Waals surface area contributed by atoms with E-state index in [9.17, 15) is 9.59 Å². The minimum Gasteiger partial charge on any atom is -0.452 e. The van der Waals surface area contributed by atoms with Crippen molar-refractivity contribution in [1.29, 1.82) is 0 Å². The SMILES string of the molecule is Cc1ccc(NC(=O)COC(=O)c2c(C)nn(-c3ccccc3)c2Cl)c(C)c1. The average Bonchev–Trinajstić information content (AvgIpc) is 2.97. The number of nitrogens with zero attached hydrogens (tertiary/aromatic N) is 2. The second-order valence-electron chi connectivity index (χ2n) is 6.44. The van der Waals surface area contributed by atoms with Crippen LogP contribution in [0.1, 0.15) is 27.2 Å². The first-order valence-corrected chi connectivity index (χ1v) is 9.09. The Morgan fingerprint density at radius 3 is 2.50 bits per heavy atom. The van der Waals surface area contributed by atoms with Gasteiger partial charge in [-0.1, -0.05) is 47.5 Å². The summed E-state index contributed by atoms with van der Waals surface area (Å²) in [5, 5.41) is 7.18. The largest absolute Gasteiger partial charge is 0.452 e. The van der Waals surface area contributed by atoms with E-state index in [1.54, 1.807) is 6.92 Å². The zero-order chi connectivity index (χ0) is 20.3. The summed E-state index contributed by atoms with van der Waals surface area (Å²) < 4.78 is 6.61. The number of esters is 1. The lowest BCUT2D eigenvalue weighted by molar-refractivity contribution is -0.119. The number of halogens is 1. The summed E-state index contributed by atoms with van der Waals surface area (Å²) in [7, 11) is 0. The van der Waals surface area contributed by atoms with Gasteiger partial charge in [0.1, 0.15) is 10.7 Å². The second-order valence-corrected chi connectivity index (χ2v) is 6.80. The number of carbonyl (C=O) groups excluding carboxylic acids is 2. The van der Waals surface area contributed by atoms with Gasteiger partial charge in [-0.05, 0) is 44.5 Å². The van der Waals surface area contributed by atoms with Crippen LogP contribution in [0.3, 0.4) is 0 Å². The number of ether oxygens (including phenoxy) is 1. The van der Waals surface area contributed by atoms with E-state index in [-0.39, 0.29) is 10.7 Å². The molecule has 28 heavy (non-hydrogen) atoms. The fourth-order valence-electron chi connectivity index (χ4n) is 2.81. The Labute approximate surface area is 168 Å². The van der Waals surface area contributed by atoms with E-state index in [4.69, 9.17) is 16.3 Å². The molecule has 2 aromatic carbocycles. The molecular weight excluding hydrogens is 378 g/mol. The van der Waals surface area contributed by atoms with Crippen molar-refractivity contribution in [3.63, 3.8) is 0 Å². The summed E-state index contributed by atoms with van der Waals surface area (Å²) in [4.78, 5) is 24.6. The normalized spacial score (nSPS) is 10.6. The minimum absolute atomic E-state index is 0.142. The lowest BCUT2D eigenvalue weighted by Gasteiger charge is -2.09. The number of carbonyl (C=O) groups is 2. The average molecular weight is 398 g/mol. The van der Waals surface area contributed by atoms with E-state index >= 15 is 0 Å². The van der Waals surface area contributed by atoms with Crippen LogP contribution in [0.5, 0.6) is 0 Å². The van der Waals surface area contributed by atoms with Gasteiger partial charge in [-0.25, -0.2) is 9.48 Å². The molecule has 0 aliphatic carbocycles. The number of aromatic nitrogens is 2. The fourth-order valence-corrected chi connectivity index (χ4v) is 3.16. The predicted molar refractivity (Wildman–Crippen MR) is 108 cm³/mol. The first-order valence-electron chi connectivity index (χ1n) is 8.71. The summed E-state index contributed by atoms with van der Waals surface area (Å²) in [6, 6.07) is 14.9. The number of hydrogen-bond acceptors (Lipinski definition) is 4. The quantitative estimate of drug-likeness (QED) is 0.653. The van der Waals surface area contributed by atoms with E-state index in [2.05, 4.69) is 10.4 Å². The third-order valence-corrected chi connectivity index (χ3v) is 4.55. The number of nitrogens with one attached hydrogen (secondary N) is 1. The van der Waals surface area contributed by atoms with E-state index in [1.807, 2.05) is 62.4 Å². The summed E-state index contributed by atoms with van der Waals surface area (Å²) in [5.41, 5.74) is 4.00. The molecule has 0 saturated carbocycles. The third-order valence-electron chi connectivity index (χ3n) is 4.20. The maximum atomic E-state index is 12.5. The van der Waals surface area contributed by atoms with E-state index in [1.165, 1.54) is 4.68 Å². The lowest BCUT2D eigenvalue weighted by Crippen LogP contribution is -2.21. The molecule has 0 saturated heterocycles. The highest BCUT2D eigenvalue weighted by molar-refractivity contribution is 6.33. The van der Waals surface area contributed by atoms with Crippen molar-refractivity contribution in [2.24, 2.45) is 0 Å². The Morgan fingerprint density at radius 1 is 1.11 bits per heavy atom. The molecule has 0 unspecified atom stereocenters. The zero-order valence-corrected chi connectivity index (χ0v) is 16.6. The van der Waals surface area contributed by atoms with Gasteiger partial charge in [-0.3, -0.25) is 4.79 Å². The molecule has 0 fully saturated rings. The molecule has 0 spiro atoms. The van der Waals surface area contributed by atoms with Crippen molar-refractivity contribution >= 4 is 29.2 Å². The van der Waals surface area contributed by atoms with Gasteiger partial charge in [-0.2, -0.15) is 5.10 Å². The molecule has 1 heterocycles.